The van der Waals surface area contributed by atoms with Gasteiger partial charge >= 0.3 is 0 Å². The molecular formula is C26H28F3N5O4. The number of rotatable bonds is 8. The summed E-state index contributed by atoms with van der Waals surface area (Å²) in [5.74, 6) is -4.17. The fourth-order valence-corrected chi connectivity index (χ4v) is 4.30. The van der Waals surface area contributed by atoms with Crippen molar-refractivity contribution in [3.8, 4) is 17.0 Å². The molecule has 0 saturated carbocycles. The number of carbonyl (C=O) groups is 1. The van der Waals surface area contributed by atoms with Gasteiger partial charge in [0.25, 0.3) is 5.91 Å². The monoisotopic (exact) mass is 531 g/mol. The van der Waals surface area contributed by atoms with Gasteiger partial charge < -0.3 is 30.5 Å². The zero-order chi connectivity index (χ0) is 27.4. The summed E-state index contributed by atoms with van der Waals surface area (Å²) in [7, 11) is 1.45. The molecule has 9 nitrogen and oxygen atoms in total. The Morgan fingerprint density at radius 3 is 2.58 bits per heavy atom. The van der Waals surface area contributed by atoms with Crippen LogP contribution in [0.5, 0.6) is 5.75 Å². The molecule has 0 bridgehead atoms. The van der Waals surface area contributed by atoms with Crippen LogP contribution in [0.1, 0.15) is 17.4 Å². The van der Waals surface area contributed by atoms with Gasteiger partial charge in [-0.3, -0.25) is 9.78 Å². The largest absolute Gasteiger partial charge is 0.491 e. The Morgan fingerprint density at radius 1 is 1.16 bits per heavy atom. The minimum atomic E-state index is -1.10. The Morgan fingerprint density at radius 2 is 1.89 bits per heavy atom. The molecule has 38 heavy (non-hydrogen) atoms. The summed E-state index contributed by atoms with van der Waals surface area (Å²) in [5.41, 5.74) is 5.36. The van der Waals surface area contributed by atoms with E-state index in [2.05, 4.69) is 15.3 Å². The number of amides is 1. The third-order valence-corrected chi connectivity index (χ3v) is 6.24. The van der Waals surface area contributed by atoms with Crippen LogP contribution >= 0.6 is 0 Å². The lowest BCUT2D eigenvalue weighted by Crippen LogP contribution is -2.55. The second kappa shape index (κ2) is 11.8. The number of aliphatic hydroxyl groups excluding tert-OH is 1. The lowest BCUT2D eigenvalue weighted by atomic mass is 9.92. The molecular weight excluding hydrogens is 503 g/mol. The van der Waals surface area contributed by atoms with Crippen LogP contribution in [0.2, 0.25) is 0 Å². The zero-order valence-electron chi connectivity index (χ0n) is 20.8. The predicted octanol–water partition coefficient (Wildman–Crippen LogP) is 2.98. The number of aliphatic hydroxyl groups is 1. The van der Waals surface area contributed by atoms with Crippen molar-refractivity contribution in [2.24, 2.45) is 11.7 Å². The normalized spacial score (nSPS) is 19.3. The summed E-state index contributed by atoms with van der Waals surface area (Å²) in [6.45, 7) is 2.99. The highest BCUT2D eigenvalue weighted by molar-refractivity contribution is 6.04. The van der Waals surface area contributed by atoms with Gasteiger partial charge in [0.15, 0.2) is 0 Å². The van der Waals surface area contributed by atoms with E-state index in [9.17, 15) is 23.1 Å². The molecule has 3 atom stereocenters. The average Bonchev–Trinajstić information content (AvgIpc) is 2.88. The van der Waals surface area contributed by atoms with Crippen molar-refractivity contribution >= 4 is 17.3 Å². The number of ether oxygens (including phenoxy) is 2. The Bertz CT molecular complexity index is 1280. The Balaban J connectivity index is 1.59. The Labute approximate surface area is 217 Å². The summed E-state index contributed by atoms with van der Waals surface area (Å²) in [6.07, 6.45) is 2.33. The molecule has 1 saturated heterocycles. The number of nitrogens with one attached hydrogen (secondary N) is 1. The highest BCUT2D eigenvalue weighted by atomic mass is 19.1. The summed E-state index contributed by atoms with van der Waals surface area (Å²) < 4.78 is 54.3. The van der Waals surface area contributed by atoms with Crippen LogP contribution < -0.4 is 20.7 Å². The molecule has 1 aliphatic heterocycles. The van der Waals surface area contributed by atoms with E-state index in [1.165, 1.54) is 13.3 Å². The molecule has 1 aromatic carbocycles. The van der Waals surface area contributed by atoms with Crippen molar-refractivity contribution in [3.05, 3.63) is 65.9 Å². The maximum absolute atomic E-state index is 14.8. The van der Waals surface area contributed by atoms with Gasteiger partial charge in [0, 0.05) is 50.5 Å². The van der Waals surface area contributed by atoms with E-state index in [-0.39, 0.29) is 30.6 Å². The van der Waals surface area contributed by atoms with E-state index in [0.717, 1.165) is 24.3 Å². The maximum Gasteiger partial charge on any atom is 0.274 e. The van der Waals surface area contributed by atoms with E-state index in [1.54, 1.807) is 12.3 Å². The first-order valence-electron chi connectivity index (χ1n) is 11.9. The standard InChI is InChI=1S/C26H28F3N5O4/c1-14-12-34(13-19(30)25(14)35)22-5-6-31-11-21(22)33-26(36)20-4-3-16(27)24(32-20)23-17(28)9-15(10-18(23)29)38-8-7-37-2/h3-6,9-11,14,19,25,35H,7-8,12-13,30H2,1-2H3,(H,33,36)/t14-,19+,25+/m0/s1. The number of benzene rings is 1. The summed E-state index contributed by atoms with van der Waals surface area (Å²) in [6, 6.07) is 5.04. The van der Waals surface area contributed by atoms with Gasteiger partial charge in [-0.25, -0.2) is 18.2 Å². The van der Waals surface area contributed by atoms with Crippen molar-refractivity contribution in [1.29, 1.82) is 0 Å². The van der Waals surface area contributed by atoms with Crippen LogP contribution in [0.15, 0.2) is 42.7 Å². The Hall–Kier alpha value is -3.74. The third-order valence-electron chi connectivity index (χ3n) is 6.24. The second-order valence-corrected chi connectivity index (χ2v) is 9.01. The van der Waals surface area contributed by atoms with Crippen LogP contribution in [-0.2, 0) is 4.74 Å². The number of piperidine rings is 1. The SMILES string of the molecule is COCCOc1cc(F)c(-c2nc(C(=O)Nc3cnccc3N3C[C@@H](N)[C@H](O)[C@@H](C)C3)ccc2F)c(F)c1. The summed E-state index contributed by atoms with van der Waals surface area (Å²) >= 11 is 0. The topological polar surface area (TPSA) is 123 Å². The fraction of sp³-hybridized carbons (Fsp3) is 0.346. The van der Waals surface area contributed by atoms with Gasteiger partial charge in [-0.15, -0.1) is 0 Å². The fourth-order valence-electron chi connectivity index (χ4n) is 4.30. The molecule has 1 amide bonds. The van der Waals surface area contributed by atoms with Crippen LogP contribution in [0.25, 0.3) is 11.3 Å². The number of nitrogens with zero attached hydrogens (tertiary/aromatic N) is 3. The van der Waals surface area contributed by atoms with Crippen LogP contribution in [0, 0.1) is 23.4 Å². The van der Waals surface area contributed by atoms with Gasteiger partial charge in [0.2, 0.25) is 0 Å². The first kappa shape index (κ1) is 27.3. The van der Waals surface area contributed by atoms with Crippen molar-refractivity contribution in [2.75, 3.05) is 43.6 Å². The summed E-state index contributed by atoms with van der Waals surface area (Å²) in [4.78, 5) is 23.0. The molecule has 0 unspecified atom stereocenters. The third kappa shape index (κ3) is 5.87. The van der Waals surface area contributed by atoms with Crippen molar-refractivity contribution in [1.82, 2.24) is 9.97 Å². The van der Waals surface area contributed by atoms with Crippen molar-refractivity contribution in [3.63, 3.8) is 0 Å². The second-order valence-electron chi connectivity index (χ2n) is 9.01. The van der Waals surface area contributed by atoms with Crippen LogP contribution in [0.4, 0.5) is 24.5 Å². The lowest BCUT2D eigenvalue weighted by molar-refractivity contribution is 0.0785. The molecule has 0 spiro atoms. The first-order valence-corrected chi connectivity index (χ1v) is 11.9. The molecule has 4 N–H and O–H groups in total. The smallest absolute Gasteiger partial charge is 0.274 e. The van der Waals surface area contributed by atoms with Crippen LogP contribution in [0.3, 0.4) is 0 Å². The molecule has 0 aliphatic carbocycles. The lowest BCUT2D eigenvalue weighted by Gasteiger charge is -2.40. The minimum absolute atomic E-state index is 0.0657. The number of pyridine rings is 2. The van der Waals surface area contributed by atoms with E-state index in [1.807, 2.05) is 11.8 Å². The van der Waals surface area contributed by atoms with Gasteiger partial charge in [-0.05, 0) is 18.2 Å². The minimum Gasteiger partial charge on any atom is -0.491 e. The van der Waals surface area contributed by atoms with E-state index in [4.69, 9.17) is 15.2 Å². The first-order chi connectivity index (χ1) is 18.2. The Kier molecular flexibility index (Phi) is 8.45. The number of aromatic nitrogens is 2. The van der Waals surface area contributed by atoms with E-state index >= 15 is 0 Å². The number of carbonyl (C=O) groups excluding carboxylic acids is 1. The quantitative estimate of drug-likeness (QED) is 0.379. The van der Waals surface area contributed by atoms with Crippen molar-refractivity contribution < 1.29 is 32.5 Å². The molecule has 1 fully saturated rings. The van der Waals surface area contributed by atoms with E-state index < -0.39 is 46.8 Å². The van der Waals surface area contributed by atoms with Gasteiger partial charge in [-0.2, -0.15) is 0 Å². The number of nitrogens with two attached hydrogens (primary N) is 1. The number of anilines is 2. The van der Waals surface area contributed by atoms with Gasteiger partial charge in [0.05, 0.1) is 35.8 Å². The number of halogens is 3. The predicted molar refractivity (Wildman–Crippen MR) is 134 cm³/mol. The number of hydrogen-bond donors (Lipinski definition) is 3. The van der Waals surface area contributed by atoms with Gasteiger partial charge in [-0.1, -0.05) is 6.92 Å². The molecule has 202 valence electrons. The molecule has 1 aliphatic rings. The molecule has 2 aromatic heterocycles. The van der Waals surface area contributed by atoms with Crippen LogP contribution in [-0.4, -0.2) is 66.5 Å². The number of methoxy groups -OCH3 is 1. The highest BCUT2D eigenvalue weighted by Crippen LogP contribution is 2.32. The highest BCUT2D eigenvalue weighted by Gasteiger charge is 2.32. The number of hydrogen-bond acceptors (Lipinski definition) is 8. The average molecular weight is 532 g/mol. The molecule has 12 heteroatoms. The molecule has 3 heterocycles. The van der Waals surface area contributed by atoms with Gasteiger partial charge in [0.1, 0.15) is 41.2 Å². The maximum atomic E-state index is 14.8. The molecule has 4 rings (SSSR count). The summed E-state index contributed by atoms with van der Waals surface area (Å²) in [5, 5.41) is 12.9. The van der Waals surface area contributed by atoms with Crippen molar-refractivity contribution in [2.45, 2.75) is 19.1 Å². The molecule has 0 radical (unpaired) electrons. The molecule has 3 aromatic rings. The van der Waals surface area contributed by atoms with E-state index in [0.29, 0.717) is 24.5 Å². The zero-order valence-corrected chi connectivity index (χ0v) is 20.8.